The molecule has 1 N–H and O–H groups in total. The average Bonchev–Trinajstić information content (AvgIpc) is 2.35. The molecule has 1 fully saturated rings. The van der Waals surface area contributed by atoms with E-state index in [1.807, 2.05) is 19.2 Å². The van der Waals surface area contributed by atoms with E-state index < -0.39 is 0 Å². The molecule has 0 unspecified atom stereocenters. The lowest BCUT2D eigenvalue weighted by Crippen LogP contribution is -2.36. The highest BCUT2D eigenvalue weighted by Crippen LogP contribution is 2.25. The Hall–Kier alpha value is -0.0900. The maximum absolute atomic E-state index is 5.96. The summed E-state index contributed by atoms with van der Waals surface area (Å²) in [6.07, 6.45) is 2.60. The number of likely N-dealkylation sites (tertiary alicyclic amines) is 1. The van der Waals surface area contributed by atoms with Crippen molar-refractivity contribution in [3.63, 3.8) is 0 Å². The third-order valence-electron chi connectivity index (χ3n) is 3.61. The lowest BCUT2D eigenvalue weighted by atomic mass is 9.96. The molecule has 1 aliphatic heterocycles. The van der Waals surface area contributed by atoms with Crippen molar-refractivity contribution in [2.24, 2.45) is 5.92 Å². The molecule has 0 spiro atoms. The zero-order chi connectivity index (χ0) is 13.0. The number of piperidine rings is 1. The zero-order valence-corrected chi connectivity index (χ0v) is 13.1. The predicted molar refractivity (Wildman–Crippen MR) is 81.1 cm³/mol. The summed E-state index contributed by atoms with van der Waals surface area (Å²) in [7, 11) is 2.04. The van der Waals surface area contributed by atoms with Gasteiger partial charge in [-0.2, -0.15) is 0 Å². The molecule has 4 heteroatoms. The second-order valence-electron chi connectivity index (χ2n) is 5.01. The van der Waals surface area contributed by atoms with Crippen LogP contribution in [-0.4, -0.2) is 31.6 Å². The average molecular weight is 332 g/mol. The Labute approximate surface area is 123 Å². The van der Waals surface area contributed by atoms with Gasteiger partial charge in [-0.3, -0.25) is 4.90 Å². The first-order chi connectivity index (χ1) is 8.69. The van der Waals surface area contributed by atoms with Crippen LogP contribution in [0.2, 0.25) is 5.02 Å². The number of hydrogen-bond acceptors (Lipinski definition) is 2. The normalized spacial score (nSPS) is 18.2. The molecule has 2 rings (SSSR count). The van der Waals surface area contributed by atoms with Crippen molar-refractivity contribution < 1.29 is 0 Å². The molecule has 0 saturated carbocycles. The van der Waals surface area contributed by atoms with Crippen LogP contribution < -0.4 is 5.32 Å². The van der Waals surface area contributed by atoms with E-state index in [1.165, 1.54) is 31.5 Å². The lowest BCUT2D eigenvalue weighted by molar-refractivity contribution is 0.176. The summed E-state index contributed by atoms with van der Waals surface area (Å²) in [6.45, 7) is 4.56. The van der Waals surface area contributed by atoms with E-state index in [1.54, 1.807) is 0 Å². The first-order valence-electron chi connectivity index (χ1n) is 6.50. The number of hydrogen-bond donors (Lipinski definition) is 1. The van der Waals surface area contributed by atoms with Crippen molar-refractivity contribution in [2.75, 3.05) is 26.7 Å². The van der Waals surface area contributed by atoms with Gasteiger partial charge in [0.1, 0.15) is 0 Å². The van der Waals surface area contributed by atoms with Crippen molar-refractivity contribution in [3.05, 3.63) is 33.3 Å². The number of benzene rings is 1. The van der Waals surface area contributed by atoms with Crippen molar-refractivity contribution in [3.8, 4) is 0 Å². The Morgan fingerprint density at radius 3 is 2.72 bits per heavy atom. The smallest absolute Gasteiger partial charge is 0.0417 e. The van der Waals surface area contributed by atoms with Gasteiger partial charge in [-0.15, -0.1) is 0 Å². The van der Waals surface area contributed by atoms with Gasteiger partial charge in [-0.05, 0) is 63.1 Å². The van der Waals surface area contributed by atoms with Crippen LogP contribution in [0.5, 0.6) is 0 Å². The molecule has 0 aliphatic carbocycles. The van der Waals surface area contributed by atoms with Crippen LogP contribution in [0.1, 0.15) is 18.4 Å². The molecule has 1 heterocycles. The molecule has 100 valence electrons. The van der Waals surface area contributed by atoms with E-state index in [-0.39, 0.29) is 0 Å². The van der Waals surface area contributed by atoms with Gasteiger partial charge in [0.25, 0.3) is 0 Å². The minimum absolute atomic E-state index is 0.790. The second-order valence-corrected chi connectivity index (χ2v) is 6.30. The van der Waals surface area contributed by atoms with E-state index in [4.69, 9.17) is 11.6 Å². The van der Waals surface area contributed by atoms with E-state index >= 15 is 0 Å². The molecule has 1 aromatic carbocycles. The highest BCUT2D eigenvalue weighted by atomic mass is 79.9. The fourth-order valence-electron chi connectivity index (χ4n) is 2.53. The third-order valence-corrected chi connectivity index (χ3v) is 4.58. The Balaban J connectivity index is 1.87. The quantitative estimate of drug-likeness (QED) is 0.908. The van der Waals surface area contributed by atoms with Gasteiger partial charge in [0, 0.05) is 16.0 Å². The summed E-state index contributed by atoms with van der Waals surface area (Å²) in [5, 5.41) is 4.07. The molecule has 18 heavy (non-hydrogen) atoms. The van der Waals surface area contributed by atoms with Crippen molar-refractivity contribution in [1.29, 1.82) is 0 Å². The molecule has 0 radical (unpaired) electrons. The fraction of sp³-hybridized carbons (Fsp3) is 0.571. The molecule has 1 aromatic rings. The van der Waals surface area contributed by atoms with Crippen LogP contribution in [0.4, 0.5) is 0 Å². The van der Waals surface area contributed by atoms with E-state index in [0.29, 0.717) is 0 Å². The van der Waals surface area contributed by atoms with Gasteiger partial charge >= 0.3 is 0 Å². The minimum Gasteiger partial charge on any atom is -0.319 e. The maximum atomic E-state index is 5.96. The number of nitrogens with one attached hydrogen (secondary N) is 1. The first kappa shape index (κ1) is 14.3. The summed E-state index contributed by atoms with van der Waals surface area (Å²) in [6, 6.07) is 6.06. The summed E-state index contributed by atoms with van der Waals surface area (Å²) in [4.78, 5) is 2.53. The van der Waals surface area contributed by atoms with Crippen LogP contribution in [0, 0.1) is 5.92 Å². The molecule has 0 amide bonds. The van der Waals surface area contributed by atoms with Gasteiger partial charge in [-0.1, -0.05) is 33.6 Å². The van der Waals surface area contributed by atoms with Crippen LogP contribution in [0.25, 0.3) is 0 Å². The van der Waals surface area contributed by atoms with E-state index in [0.717, 1.165) is 28.5 Å². The molecule has 1 saturated heterocycles. The van der Waals surface area contributed by atoms with Gasteiger partial charge in [0.05, 0.1) is 0 Å². The third kappa shape index (κ3) is 3.95. The van der Waals surface area contributed by atoms with Gasteiger partial charge < -0.3 is 5.32 Å². The van der Waals surface area contributed by atoms with Crippen LogP contribution in [-0.2, 0) is 6.54 Å². The SMILES string of the molecule is CNCC1CCN(Cc2ccc(Cl)cc2Br)CC1. The first-order valence-corrected chi connectivity index (χ1v) is 7.67. The number of nitrogens with zero attached hydrogens (tertiary/aromatic N) is 1. The Kier molecular flexibility index (Phi) is 5.49. The Morgan fingerprint density at radius 1 is 1.39 bits per heavy atom. The van der Waals surface area contributed by atoms with Gasteiger partial charge in [-0.25, -0.2) is 0 Å². The highest BCUT2D eigenvalue weighted by Gasteiger charge is 2.19. The number of rotatable bonds is 4. The van der Waals surface area contributed by atoms with Crippen LogP contribution in [0.3, 0.4) is 0 Å². The fourth-order valence-corrected chi connectivity index (χ4v) is 3.34. The second kappa shape index (κ2) is 6.90. The lowest BCUT2D eigenvalue weighted by Gasteiger charge is -2.32. The molecule has 1 aliphatic rings. The van der Waals surface area contributed by atoms with E-state index in [9.17, 15) is 0 Å². The molecular formula is C14H20BrClN2. The van der Waals surface area contributed by atoms with Gasteiger partial charge in [0.2, 0.25) is 0 Å². The Morgan fingerprint density at radius 2 is 2.11 bits per heavy atom. The Bertz CT molecular complexity index is 389. The topological polar surface area (TPSA) is 15.3 Å². The summed E-state index contributed by atoms with van der Waals surface area (Å²) in [5.74, 6) is 0.847. The number of halogens is 2. The van der Waals surface area contributed by atoms with Crippen molar-refractivity contribution in [2.45, 2.75) is 19.4 Å². The predicted octanol–water partition coefficient (Wildman–Crippen LogP) is 3.53. The molecule has 0 atom stereocenters. The van der Waals surface area contributed by atoms with E-state index in [2.05, 4.69) is 32.2 Å². The molecule has 2 nitrogen and oxygen atoms in total. The standard InChI is InChI=1S/C14H20BrClN2/c1-17-9-11-4-6-18(7-5-11)10-12-2-3-13(16)8-14(12)15/h2-3,8,11,17H,4-7,9-10H2,1H3. The summed E-state index contributed by atoms with van der Waals surface area (Å²) >= 11 is 9.55. The largest absolute Gasteiger partial charge is 0.319 e. The zero-order valence-electron chi connectivity index (χ0n) is 10.8. The molecule has 0 bridgehead atoms. The van der Waals surface area contributed by atoms with Crippen LogP contribution >= 0.6 is 27.5 Å². The van der Waals surface area contributed by atoms with Crippen LogP contribution in [0.15, 0.2) is 22.7 Å². The van der Waals surface area contributed by atoms with Gasteiger partial charge in [0.15, 0.2) is 0 Å². The van der Waals surface area contributed by atoms with Crippen molar-refractivity contribution >= 4 is 27.5 Å². The monoisotopic (exact) mass is 330 g/mol. The summed E-state index contributed by atoms with van der Waals surface area (Å²) in [5.41, 5.74) is 1.33. The highest BCUT2D eigenvalue weighted by molar-refractivity contribution is 9.10. The summed E-state index contributed by atoms with van der Waals surface area (Å²) < 4.78 is 1.12. The minimum atomic E-state index is 0.790. The molecular weight excluding hydrogens is 312 g/mol. The maximum Gasteiger partial charge on any atom is 0.0417 e. The van der Waals surface area contributed by atoms with Crippen molar-refractivity contribution in [1.82, 2.24) is 10.2 Å². The molecule has 0 aromatic heterocycles.